The van der Waals surface area contributed by atoms with Crippen LogP contribution in [0, 0.1) is 6.92 Å². The molecule has 0 bridgehead atoms. The van der Waals surface area contributed by atoms with Gasteiger partial charge in [0.1, 0.15) is 0 Å². The van der Waals surface area contributed by atoms with E-state index in [9.17, 15) is 4.79 Å². The second kappa shape index (κ2) is 4.87. The number of H-pyrrole nitrogens is 1. The molecule has 5 nitrogen and oxygen atoms in total. The van der Waals surface area contributed by atoms with Gasteiger partial charge >= 0.3 is 0 Å². The minimum Gasteiger partial charge on any atom is -0.350 e. The number of aromatic amines is 1. The summed E-state index contributed by atoms with van der Waals surface area (Å²) < 4.78 is 0. The molecule has 1 aliphatic carbocycles. The molecule has 0 saturated heterocycles. The quantitative estimate of drug-likeness (QED) is 0.735. The zero-order chi connectivity index (χ0) is 12.3. The van der Waals surface area contributed by atoms with Crippen molar-refractivity contribution < 1.29 is 4.79 Å². The van der Waals surface area contributed by atoms with Crippen LogP contribution in [0.3, 0.4) is 0 Å². The van der Waals surface area contributed by atoms with E-state index >= 15 is 0 Å². The van der Waals surface area contributed by atoms with Crippen molar-refractivity contribution in [2.45, 2.75) is 44.6 Å². The summed E-state index contributed by atoms with van der Waals surface area (Å²) in [5.41, 5.74) is 7.43. The molecule has 0 aliphatic heterocycles. The van der Waals surface area contributed by atoms with Crippen LogP contribution in [0.4, 0.5) is 0 Å². The van der Waals surface area contributed by atoms with Gasteiger partial charge in [-0.05, 0) is 19.8 Å². The van der Waals surface area contributed by atoms with Gasteiger partial charge in [-0.1, -0.05) is 19.3 Å². The third kappa shape index (κ3) is 2.85. The molecule has 0 atom stereocenters. The maximum absolute atomic E-state index is 11.9. The molecule has 1 heterocycles. The summed E-state index contributed by atoms with van der Waals surface area (Å²) >= 11 is 0. The Morgan fingerprint density at radius 3 is 2.82 bits per heavy atom. The Balaban J connectivity index is 1.90. The van der Waals surface area contributed by atoms with Gasteiger partial charge in [-0.2, -0.15) is 5.10 Å². The van der Waals surface area contributed by atoms with E-state index in [-0.39, 0.29) is 11.4 Å². The summed E-state index contributed by atoms with van der Waals surface area (Å²) in [7, 11) is 0. The molecule has 0 radical (unpaired) electrons. The fourth-order valence-electron chi connectivity index (χ4n) is 2.36. The van der Waals surface area contributed by atoms with Crippen molar-refractivity contribution in [3.63, 3.8) is 0 Å². The van der Waals surface area contributed by atoms with E-state index in [1.807, 2.05) is 6.92 Å². The predicted molar refractivity (Wildman–Crippen MR) is 65.7 cm³/mol. The van der Waals surface area contributed by atoms with Crippen molar-refractivity contribution in [3.8, 4) is 0 Å². The fraction of sp³-hybridized carbons (Fsp3) is 0.667. The standard InChI is InChI=1S/C12H20N4O/c1-9-10(7-15-16-9)11(17)14-8-12(13)5-3-2-4-6-12/h7H,2-6,8,13H2,1H3,(H,14,17)(H,15,16). The summed E-state index contributed by atoms with van der Waals surface area (Å²) in [5, 5.41) is 9.50. The number of rotatable bonds is 3. The highest BCUT2D eigenvalue weighted by atomic mass is 16.1. The number of amides is 1. The number of hydrogen-bond donors (Lipinski definition) is 3. The lowest BCUT2D eigenvalue weighted by molar-refractivity contribution is 0.0937. The van der Waals surface area contributed by atoms with Gasteiger partial charge in [0.2, 0.25) is 0 Å². The molecule has 1 fully saturated rings. The molecular weight excluding hydrogens is 216 g/mol. The second-order valence-electron chi connectivity index (χ2n) is 5.01. The summed E-state index contributed by atoms with van der Waals surface area (Å²) in [6.45, 7) is 2.39. The molecule has 94 valence electrons. The van der Waals surface area contributed by atoms with Crippen molar-refractivity contribution >= 4 is 5.91 Å². The van der Waals surface area contributed by atoms with Crippen molar-refractivity contribution in [1.82, 2.24) is 15.5 Å². The Kier molecular flexibility index (Phi) is 3.47. The number of aryl methyl sites for hydroxylation is 1. The topological polar surface area (TPSA) is 83.8 Å². The lowest BCUT2D eigenvalue weighted by Gasteiger charge is -2.33. The van der Waals surface area contributed by atoms with Crippen LogP contribution >= 0.6 is 0 Å². The van der Waals surface area contributed by atoms with Crippen molar-refractivity contribution in [1.29, 1.82) is 0 Å². The Morgan fingerprint density at radius 1 is 1.53 bits per heavy atom. The molecule has 2 rings (SSSR count). The van der Waals surface area contributed by atoms with Gasteiger partial charge in [0.15, 0.2) is 0 Å². The van der Waals surface area contributed by atoms with Crippen LogP contribution in [0.25, 0.3) is 0 Å². The lowest BCUT2D eigenvalue weighted by Crippen LogP contribution is -2.51. The lowest BCUT2D eigenvalue weighted by atomic mass is 9.82. The van der Waals surface area contributed by atoms with Crippen LogP contribution in [0.2, 0.25) is 0 Å². The zero-order valence-electron chi connectivity index (χ0n) is 10.3. The summed E-state index contributed by atoms with van der Waals surface area (Å²) in [6, 6.07) is 0. The molecule has 1 aromatic rings. The van der Waals surface area contributed by atoms with E-state index in [4.69, 9.17) is 5.73 Å². The van der Waals surface area contributed by atoms with Gasteiger partial charge in [0.25, 0.3) is 5.91 Å². The third-order valence-corrected chi connectivity index (χ3v) is 3.52. The van der Waals surface area contributed by atoms with Crippen LogP contribution in [-0.2, 0) is 0 Å². The van der Waals surface area contributed by atoms with Gasteiger partial charge in [-0.15, -0.1) is 0 Å². The number of aromatic nitrogens is 2. The maximum atomic E-state index is 11.9. The molecular formula is C12H20N4O. The molecule has 17 heavy (non-hydrogen) atoms. The number of nitrogens with zero attached hydrogens (tertiary/aromatic N) is 1. The number of carbonyl (C=O) groups excluding carboxylic acids is 1. The molecule has 0 unspecified atom stereocenters. The largest absolute Gasteiger partial charge is 0.350 e. The van der Waals surface area contributed by atoms with Crippen LogP contribution < -0.4 is 11.1 Å². The van der Waals surface area contributed by atoms with Crippen LogP contribution in [0.1, 0.15) is 48.2 Å². The van der Waals surface area contributed by atoms with E-state index < -0.39 is 0 Å². The SMILES string of the molecule is Cc1[nH]ncc1C(=O)NCC1(N)CCCCC1. The molecule has 4 N–H and O–H groups in total. The van der Waals surface area contributed by atoms with Crippen molar-refractivity contribution in [2.24, 2.45) is 5.73 Å². The summed E-state index contributed by atoms with van der Waals surface area (Å²) in [4.78, 5) is 11.9. The highest BCUT2D eigenvalue weighted by Crippen LogP contribution is 2.25. The smallest absolute Gasteiger partial charge is 0.254 e. The van der Waals surface area contributed by atoms with Crippen LogP contribution in [0.5, 0.6) is 0 Å². The summed E-state index contributed by atoms with van der Waals surface area (Å²) in [6.07, 6.45) is 7.13. The Bertz CT molecular complexity index is 393. The first-order valence-corrected chi connectivity index (χ1v) is 6.18. The van der Waals surface area contributed by atoms with E-state index in [1.165, 1.54) is 6.42 Å². The number of nitrogens with one attached hydrogen (secondary N) is 2. The molecule has 1 saturated carbocycles. The van der Waals surface area contributed by atoms with E-state index in [0.717, 1.165) is 31.4 Å². The van der Waals surface area contributed by atoms with Gasteiger partial charge in [-0.25, -0.2) is 0 Å². The van der Waals surface area contributed by atoms with Crippen LogP contribution in [-0.4, -0.2) is 28.2 Å². The van der Waals surface area contributed by atoms with Crippen LogP contribution in [0.15, 0.2) is 6.20 Å². The molecule has 0 spiro atoms. The molecule has 0 aromatic carbocycles. The predicted octanol–water partition coefficient (Wildman–Crippen LogP) is 1.11. The van der Waals surface area contributed by atoms with E-state index in [2.05, 4.69) is 15.5 Å². The number of carbonyl (C=O) groups is 1. The first-order chi connectivity index (χ1) is 8.11. The number of hydrogen-bond acceptors (Lipinski definition) is 3. The van der Waals surface area contributed by atoms with E-state index in [0.29, 0.717) is 12.1 Å². The van der Waals surface area contributed by atoms with Gasteiger partial charge in [0, 0.05) is 17.8 Å². The fourth-order valence-corrected chi connectivity index (χ4v) is 2.36. The minimum atomic E-state index is -0.217. The second-order valence-corrected chi connectivity index (χ2v) is 5.01. The Labute approximate surface area is 101 Å². The monoisotopic (exact) mass is 236 g/mol. The Hall–Kier alpha value is -1.36. The number of nitrogens with two attached hydrogens (primary N) is 1. The van der Waals surface area contributed by atoms with Gasteiger partial charge in [-0.3, -0.25) is 9.89 Å². The zero-order valence-corrected chi connectivity index (χ0v) is 10.3. The highest BCUT2D eigenvalue weighted by Gasteiger charge is 2.28. The maximum Gasteiger partial charge on any atom is 0.254 e. The third-order valence-electron chi connectivity index (χ3n) is 3.52. The van der Waals surface area contributed by atoms with Gasteiger partial charge in [0.05, 0.1) is 11.8 Å². The molecule has 1 amide bonds. The van der Waals surface area contributed by atoms with Gasteiger partial charge < -0.3 is 11.1 Å². The van der Waals surface area contributed by atoms with Crippen molar-refractivity contribution in [2.75, 3.05) is 6.54 Å². The first-order valence-electron chi connectivity index (χ1n) is 6.18. The average Bonchev–Trinajstić information content (AvgIpc) is 2.74. The molecule has 5 heteroatoms. The molecule has 1 aliphatic rings. The molecule has 1 aromatic heterocycles. The van der Waals surface area contributed by atoms with Crippen molar-refractivity contribution in [3.05, 3.63) is 17.5 Å². The summed E-state index contributed by atoms with van der Waals surface area (Å²) in [5.74, 6) is -0.0911. The van der Waals surface area contributed by atoms with E-state index in [1.54, 1.807) is 6.20 Å². The average molecular weight is 236 g/mol. The first kappa shape index (κ1) is 12.1. The highest BCUT2D eigenvalue weighted by molar-refractivity contribution is 5.94. The Morgan fingerprint density at radius 2 is 2.24 bits per heavy atom. The normalized spacial score (nSPS) is 18.9. The minimum absolute atomic E-state index is 0.0911.